The Morgan fingerprint density at radius 3 is 3.05 bits per heavy atom. The van der Waals surface area contributed by atoms with Crippen molar-refractivity contribution in [3.05, 3.63) is 52.6 Å². The quantitative estimate of drug-likeness (QED) is 0.878. The average molecular weight is 362 g/mol. The van der Waals surface area contributed by atoms with Crippen LogP contribution in [0.3, 0.4) is 0 Å². The summed E-state index contributed by atoms with van der Waals surface area (Å²) >= 11 is 3.39. The summed E-state index contributed by atoms with van der Waals surface area (Å²) < 4.78 is 6.66. The van der Waals surface area contributed by atoms with Crippen LogP contribution in [-0.2, 0) is 0 Å². The summed E-state index contributed by atoms with van der Waals surface area (Å²) in [4.78, 5) is 16.6. The van der Waals surface area contributed by atoms with Crippen LogP contribution in [0.1, 0.15) is 16.8 Å². The van der Waals surface area contributed by atoms with E-state index in [0.717, 1.165) is 24.0 Å². The molecule has 0 bridgehead atoms. The van der Waals surface area contributed by atoms with E-state index in [4.69, 9.17) is 4.74 Å². The van der Waals surface area contributed by atoms with Gasteiger partial charge in [-0.1, -0.05) is 22.0 Å². The molecule has 1 atom stereocenters. The molecular weight excluding hydrogens is 346 g/mol. The first-order valence-corrected chi connectivity index (χ1v) is 7.92. The Morgan fingerprint density at radius 1 is 1.36 bits per heavy atom. The Bertz CT molecular complexity index is 672. The van der Waals surface area contributed by atoms with E-state index in [9.17, 15) is 4.79 Å². The molecule has 1 aromatic heterocycles. The van der Waals surface area contributed by atoms with Gasteiger partial charge in [-0.05, 0) is 43.3 Å². The highest BCUT2D eigenvalue weighted by atomic mass is 79.9. The van der Waals surface area contributed by atoms with Crippen LogP contribution >= 0.6 is 15.9 Å². The van der Waals surface area contributed by atoms with Gasteiger partial charge in [0.25, 0.3) is 5.91 Å². The van der Waals surface area contributed by atoms with Gasteiger partial charge in [0.1, 0.15) is 11.3 Å². The van der Waals surface area contributed by atoms with Crippen molar-refractivity contribution in [2.24, 2.45) is 0 Å². The van der Waals surface area contributed by atoms with Crippen molar-refractivity contribution in [3.8, 4) is 11.6 Å². The van der Waals surface area contributed by atoms with Crippen molar-refractivity contribution in [1.82, 2.24) is 15.6 Å². The number of nitrogens with zero attached hydrogens (tertiary/aromatic N) is 1. The van der Waals surface area contributed by atoms with E-state index in [0.29, 0.717) is 17.2 Å². The fourth-order valence-electron chi connectivity index (χ4n) is 2.33. The average Bonchev–Trinajstić information content (AvgIpc) is 3.01. The monoisotopic (exact) mass is 361 g/mol. The van der Waals surface area contributed by atoms with E-state index in [1.54, 1.807) is 18.3 Å². The number of benzene rings is 1. The lowest BCUT2D eigenvalue weighted by Gasteiger charge is -2.13. The van der Waals surface area contributed by atoms with Crippen LogP contribution in [0.4, 0.5) is 0 Å². The first-order chi connectivity index (χ1) is 10.7. The second kappa shape index (κ2) is 6.89. The highest BCUT2D eigenvalue weighted by Crippen LogP contribution is 2.25. The summed E-state index contributed by atoms with van der Waals surface area (Å²) in [6.45, 7) is 1.73. The molecule has 0 radical (unpaired) electrons. The summed E-state index contributed by atoms with van der Waals surface area (Å²) in [6.07, 6.45) is 2.55. The van der Waals surface area contributed by atoms with Crippen molar-refractivity contribution in [3.63, 3.8) is 0 Å². The molecule has 0 saturated carbocycles. The molecule has 0 spiro atoms. The Balaban J connectivity index is 1.78. The first kappa shape index (κ1) is 15.0. The molecule has 114 valence electrons. The van der Waals surface area contributed by atoms with Crippen molar-refractivity contribution < 1.29 is 9.53 Å². The number of hydrogen-bond donors (Lipinski definition) is 2. The molecule has 1 aliphatic heterocycles. The Labute approximate surface area is 137 Å². The molecule has 2 aromatic rings. The van der Waals surface area contributed by atoms with Gasteiger partial charge in [0.15, 0.2) is 0 Å². The molecule has 6 heteroatoms. The SMILES string of the molecule is O=C(NC1CCNC1)c1cccnc1Oc1cccc(Br)c1. The summed E-state index contributed by atoms with van der Waals surface area (Å²) in [6, 6.07) is 11.0. The van der Waals surface area contributed by atoms with Gasteiger partial charge in [0.2, 0.25) is 5.88 Å². The topological polar surface area (TPSA) is 63.2 Å². The molecule has 1 aromatic carbocycles. The molecule has 2 N–H and O–H groups in total. The Hall–Kier alpha value is -1.92. The van der Waals surface area contributed by atoms with Crippen LogP contribution in [0.25, 0.3) is 0 Å². The Morgan fingerprint density at radius 2 is 2.27 bits per heavy atom. The van der Waals surface area contributed by atoms with Gasteiger partial charge in [-0.3, -0.25) is 4.79 Å². The number of pyridine rings is 1. The number of rotatable bonds is 4. The highest BCUT2D eigenvalue weighted by Gasteiger charge is 2.20. The number of amides is 1. The lowest BCUT2D eigenvalue weighted by molar-refractivity contribution is 0.0937. The van der Waals surface area contributed by atoms with E-state index in [1.807, 2.05) is 24.3 Å². The standard InChI is InChI=1S/C16H16BrN3O2/c17-11-3-1-4-13(9-11)22-16-14(5-2-7-19-16)15(21)20-12-6-8-18-10-12/h1-5,7,9,12,18H,6,8,10H2,(H,20,21). The number of ether oxygens (including phenoxy) is 1. The smallest absolute Gasteiger partial charge is 0.257 e. The van der Waals surface area contributed by atoms with Crippen molar-refractivity contribution in [2.75, 3.05) is 13.1 Å². The van der Waals surface area contributed by atoms with Gasteiger partial charge in [-0.15, -0.1) is 0 Å². The largest absolute Gasteiger partial charge is 0.438 e. The maximum absolute atomic E-state index is 12.4. The van der Waals surface area contributed by atoms with Gasteiger partial charge in [0, 0.05) is 23.3 Å². The summed E-state index contributed by atoms with van der Waals surface area (Å²) in [7, 11) is 0. The fraction of sp³-hybridized carbons (Fsp3) is 0.250. The second-order valence-electron chi connectivity index (χ2n) is 5.08. The van der Waals surface area contributed by atoms with E-state index in [2.05, 4.69) is 31.5 Å². The third kappa shape index (κ3) is 3.64. The van der Waals surface area contributed by atoms with Gasteiger partial charge >= 0.3 is 0 Å². The maximum atomic E-state index is 12.4. The minimum absolute atomic E-state index is 0.159. The number of carbonyl (C=O) groups is 1. The maximum Gasteiger partial charge on any atom is 0.257 e. The molecule has 1 amide bonds. The highest BCUT2D eigenvalue weighted by molar-refractivity contribution is 9.10. The molecule has 0 aliphatic carbocycles. The number of nitrogens with one attached hydrogen (secondary N) is 2. The molecule has 22 heavy (non-hydrogen) atoms. The molecule has 5 nitrogen and oxygen atoms in total. The normalized spacial score (nSPS) is 17.2. The minimum Gasteiger partial charge on any atom is -0.438 e. The summed E-state index contributed by atoms with van der Waals surface area (Å²) in [5.41, 5.74) is 0.439. The molecule has 2 heterocycles. The van der Waals surface area contributed by atoms with Crippen molar-refractivity contribution in [2.45, 2.75) is 12.5 Å². The molecule has 1 fully saturated rings. The van der Waals surface area contributed by atoms with Crippen LogP contribution < -0.4 is 15.4 Å². The van der Waals surface area contributed by atoms with Gasteiger partial charge in [-0.25, -0.2) is 4.98 Å². The van der Waals surface area contributed by atoms with Gasteiger partial charge in [-0.2, -0.15) is 0 Å². The molecule has 3 rings (SSSR count). The van der Waals surface area contributed by atoms with Crippen LogP contribution in [0.15, 0.2) is 47.1 Å². The fourth-order valence-corrected chi connectivity index (χ4v) is 2.71. The van der Waals surface area contributed by atoms with E-state index in [1.165, 1.54) is 0 Å². The minimum atomic E-state index is -0.160. The van der Waals surface area contributed by atoms with Gasteiger partial charge in [0.05, 0.1) is 0 Å². The second-order valence-corrected chi connectivity index (χ2v) is 5.99. The molecule has 1 unspecified atom stereocenters. The lowest BCUT2D eigenvalue weighted by Crippen LogP contribution is -2.36. The molecular formula is C16H16BrN3O2. The lowest BCUT2D eigenvalue weighted by atomic mass is 10.2. The molecule has 1 aliphatic rings. The van der Waals surface area contributed by atoms with Crippen molar-refractivity contribution in [1.29, 1.82) is 0 Å². The Kier molecular flexibility index (Phi) is 4.70. The summed E-state index contributed by atoms with van der Waals surface area (Å²) in [5.74, 6) is 0.778. The van der Waals surface area contributed by atoms with Gasteiger partial charge < -0.3 is 15.4 Å². The van der Waals surface area contributed by atoms with Crippen LogP contribution in [-0.4, -0.2) is 30.0 Å². The third-order valence-corrected chi connectivity index (χ3v) is 3.92. The van der Waals surface area contributed by atoms with Crippen LogP contribution in [0.5, 0.6) is 11.6 Å². The first-order valence-electron chi connectivity index (χ1n) is 7.12. The van der Waals surface area contributed by atoms with E-state index >= 15 is 0 Å². The van der Waals surface area contributed by atoms with Crippen LogP contribution in [0.2, 0.25) is 0 Å². The number of halogens is 1. The predicted molar refractivity (Wildman–Crippen MR) is 87.2 cm³/mol. The molecule has 1 saturated heterocycles. The van der Waals surface area contributed by atoms with E-state index in [-0.39, 0.29) is 11.9 Å². The predicted octanol–water partition coefficient (Wildman–Crippen LogP) is 2.73. The number of aromatic nitrogens is 1. The number of carbonyl (C=O) groups excluding carboxylic acids is 1. The zero-order valence-corrected chi connectivity index (χ0v) is 13.5. The van der Waals surface area contributed by atoms with Crippen LogP contribution in [0, 0.1) is 0 Å². The zero-order valence-electron chi connectivity index (χ0n) is 11.9. The number of hydrogen-bond acceptors (Lipinski definition) is 4. The zero-order chi connectivity index (χ0) is 15.4. The third-order valence-electron chi connectivity index (χ3n) is 3.42. The van der Waals surface area contributed by atoms with E-state index < -0.39 is 0 Å². The van der Waals surface area contributed by atoms with Crippen molar-refractivity contribution >= 4 is 21.8 Å². The summed E-state index contributed by atoms with van der Waals surface area (Å²) in [5, 5.41) is 6.23.